The minimum atomic E-state index is -0.0108. The number of rotatable bonds is 0. The minimum absolute atomic E-state index is 0.0108. The van der Waals surface area contributed by atoms with E-state index < -0.39 is 0 Å². The fourth-order valence-corrected chi connectivity index (χ4v) is 2.38. The van der Waals surface area contributed by atoms with Crippen molar-refractivity contribution < 1.29 is 4.79 Å². The van der Waals surface area contributed by atoms with Gasteiger partial charge in [-0.05, 0) is 9.72 Å². The molecule has 0 aliphatic carbocycles. The van der Waals surface area contributed by atoms with Gasteiger partial charge in [0.05, 0.1) is 5.75 Å². The van der Waals surface area contributed by atoms with Crippen LogP contribution in [0.5, 0.6) is 0 Å². The summed E-state index contributed by atoms with van der Waals surface area (Å²) >= 11 is 0. The Hall–Kier alpha value is 0.170. The van der Waals surface area contributed by atoms with Gasteiger partial charge in [0.25, 0.3) is 5.91 Å². The van der Waals surface area contributed by atoms with Crippen LogP contribution < -0.4 is 0 Å². The number of carbonyl (C=O) groups is 1. The van der Waals surface area contributed by atoms with Crippen molar-refractivity contribution in [2.75, 3.05) is 12.0 Å². The van der Waals surface area contributed by atoms with E-state index in [1.165, 1.54) is 0 Å². The van der Waals surface area contributed by atoms with Gasteiger partial charge in [0, 0.05) is 6.26 Å². The molecule has 7 heavy (non-hydrogen) atoms. The van der Waals surface area contributed by atoms with Gasteiger partial charge in [-0.2, -0.15) is 4.36 Å². The topological polar surface area (TPSA) is 29.4 Å². The summed E-state index contributed by atoms with van der Waals surface area (Å²) in [5.74, 6) is 0.649. The van der Waals surface area contributed by atoms with Gasteiger partial charge >= 0.3 is 0 Å². The van der Waals surface area contributed by atoms with Crippen LogP contribution in [0.4, 0.5) is 0 Å². The van der Waals surface area contributed by atoms with Crippen LogP contribution in [0.3, 0.4) is 0 Å². The number of nitrogens with zero attached hydrogens (tertiary/aromatic N) is 1. The van der Waals surface area contributed by atoms with Gasteiger partial charge < -0.3 is 0 Å². The summed E-state index contributed by atoms with van der Waals surface area (Å²) in [6.07, 6.45) is 1.95. The van der Waals surface area contributed by atoms with Crippen LogP contribution >= 0.6 is 10.8 Å². The maximum Gasteiger partial charge on any atom is 0.263 e. The highest BCUT2D eigenvalue weighted by atomic mass is 33.1. The molecule has 40 valence electrons. The molecule has 0 aromatic rings. The summed E-state index contributed by atoms with van der Waals surface area (Å²) in [6, 6.07) is 0. The monoisotopic (exact) mass is 135 g/mol. The van der Waals surface area contributed by atoms with Crippen LogP contribution in [-0.4, -0.2) is 17.9 Å². The molecule has 0 N–H and O–H groups in total. The van der Waals surface area contributed by atoms with E-state index in [4.69, 9.17) is 0 Å². The zero-order chi connectivity index (χ0) is 5.28. The zero-order valence-corrected chi connectivity index (χ0v) is 5.51. The Balaban J connectivity index is 2.67. The van der Waals surface area contributed by atoms with Crippen molar-refractivity contribution in [3.63, 3.8) is 0 Å². The molecule has 0 radical (unpaired) electrons. The fraction of sp³-hybridized carbons (Fsp3) is 0.667. The Labute approximate surface area is 48.2 Å². The number of hydrogen-bond donors (Lipinski definition) is 0. The lowest BCUT2D eigenvalue weighted by Gasteiger charge is -1.77. The van der Waals surface area contributed by atoms with E-state index in [2.05, 4.69) is 4.36 Å². The van der Waals surface area contributed by atoms with Crippen molar-refractivity contribution in [1.82, 2.24) is 0 Å². The first-order chi connectivity index (χ1) is 3.29. The summed E-state index contributed by atoms with van der Waals surface area (Å²) < 4.78 is 3.74. The normalized spacial score (nSPS) is 30.4. The molecule has 1 atom stereocenters. The van der Waals surface area contributed by atoms with Gasteiger partial charge in [0.15, 0.2) is 0 Å². The molecular weight excluding hydrogens is 130 g/mol. The summed E-state index contributed by atoms with van der Waals surface area (Å²) in [4.78, 5) is 10.3. The molecule has 0 fully saturated rings. The largest absolute Gasteiger partial charge is 0.271 e. The second-order valence-electron chi connectivity index (χ2n) is 1.17. The number of hydrogen-bond acceptors (Lipinski definition) is 2. The lowest BCUT2D eigenvalue weighted by molar-refractivity contribution is -0.115. The van der Waals surface area contributed by atoms with Crippen LogP contribution in [0, 0.1) is 0 Å². The molecule has 0 spiro atoms. The highest BCUT2D eigenvalue weighted by Gasteiger charge is 2.07. The summed E-state index contributed by atoms with van der Waals surface area (Å²) in [5.41, 5.74) is 0. The Bertz CT molecular complexity index is 131. The quantitative estimate of drug-likeness (QED) is 0.455. The molecule has 2 nitrogen and oxygen atoms in total. The van der Waals surface area contributed by atoms with E-state index in [0.717, 1.165) is 0 Å². The van der Waals surface area contributed by atoms with E-state index >= 15 is 0 Å². The first-order valence-corrected chi connectivity index (χ1v) is 4.92. The van der Waals surface area contributed by atoms with E-state index in [1.54, 1.807) is 10.8 Å². The maximum absolute atomic E-state index is 10.3. The highest BCUT2D eigenvalue weighted by molar-refractivity contribution is 8.70. The van der Waals surface area contributed by atoms with Crippen LogP contribution in [0.25, 0.3) is 0 Å². The van der Waals surface area contributed by atoms with E-state index in [-0.39, 0.29) is 15.6 Å². The molecule has 1 aliphatic rings. The van der Waals surface area contributed by atoms with E-state index in [9.17, 15) is 4.79 Å². The van der Waals surface area contributed by atoms with Crippen molar-refractivity contribution >= 4 is 26.4 Å². The summed E-state index contributed by atoms with van der Waals surface area (Å²) in [7, 11) is 1.61. The van der Waals surface area contributed by atoms with Crippen LogP contribution in [0.1, 0.15) is 0 Å². The summed E-state index contributed by atoms with van der Waals surface area (Å²) in [5, 5.41) is 0. The van der Waals surface area contributed by atoms with Gasteiger partial charge in [-0.25, -0.2) is 0 Å². The van der Waals surface area contributed by atoms with E-state index in [0.29, 0.717) is 5.75 Å². The third-order valence-electron chi connectivity index (χ3n) is 0.583. The van der Waals surface area contributed by atoms with Crippen molar-refractivity contribution in [3.05, 3.63) is 0 Å². The molecule has 0 bridgehead atoms. The van der Waals surface area contributed by atoms with Crippen molar-refractivity contribution in [3.8, 4) is 0 Å². The predicted molar refractivity (Wildman–Crippen MR) is 33.2 cm³/mol. The maximum atomic E-state index is 10.3. The molecule has 1 aliphatic heterocycles. The highest BCUT2D eigenvalue weighted by Crippen LogP contribution is 2.15. The minimum Gasteiger partial charge on any atom is -0.271 e. The smallest absolute Gasteiger partial charge is 0.263 e. The Morgan fingerprint density at radius 2 is 2.71 bits per heavy atom. The lowest BCUT2D eigenvalue weighted by Crippen LogP contribution is -1.86. The standard InChI is InChI=1S/C3H5NOS2/c1-7-4-3(5)2-6-7/h2H2,1H3. The van der Waals surface area contributed by atoms with E-state index in [1.807, 2.05) is 6.26 Å². The Morgan fingerprint density at radius 1 is 2.00 bits per heavy atom. The van der Waals surface area contributed by atoms with Gasteiger partial charge in [0.2, 0.25) is 0 Å². The molecule has 0 saturated heterocycles. The van der Waals surface area contributed by atoms with Gasteiger partial charge in [-0.3, -0.25) is 4.79 Å². The number of amides is 1. The van der Waals surface area contributed by atoms with Crippen LogP contribution in [-0.2, 0) is 14.5 Å². The predicted octanol–water partition coefficient (Wildman–Crippen LogP) is 0.607. The van der Waals surface area contributed by atoms with Gasteiger partial charge in [0.1, 0.15) is 0 Å². The Morgan fingerprint density at radius 3 is 2.86 bits per heavy atom. The second-order valence-corrected chi connectivity index (χ2v) is 4.88. The van der Waals surface area contributed by atoms with Crippen molar-refractivity contribution in [2.24, 2.45) is 4.36 Å². The van der Waals surface area contributed by atoms with Crippen LogP contribution in [0.15, 0.2) is 4.36 Å². The fourth-order valence-electron chi connectivity index (χ4n) is 0.332. The van der Waals surface area contributed by atoms with Gasteiger partial charge in [-0.15, -0.1) is 0 Å². The van der Waals surface area contributed by atoms with Crippen LogP contribution in [0.2, 0.25) is 0 Å². The molecule has 1 rings (SSSR count). The first kappa shape index (κ1) is 5.31. The average molecular weight is 135 g/mol. The van der Waals surface area contributed by atoms with Crippen molar-refractivity contribution in [2.45, 2.75) is 0 Å². The lowest BCUT2D eigenvalue weighted by atomic mass is 10.8. The van der Waals surface area contributed by atoms with Gasteiger partial charge in [-0.1, -0.05) is 10.8 Å². The second kappa shape index (κ2) is 1.96. The summed E-state index contributed by atoms with van der Waals surface area (Å²) in [6.45, 7) is 0. The zero-order valence-electron chi connectivity index (χ0n) is 3.88. The molecule has 4 heteroatoms. The first-order valence-electron chi connectivity index (χ1n) is 1.83. The average Bonchev–Trinajstić information content (AvgIpc) is 1.87. The SMILES string of the molecule is CS1=NC(=O)CS1. The Kier molecular flexibility index (Phi) is 1.49. The molecular formula is C3H5NOS2. The molecule has 1 unspecified atom stereocenters. The molecule has 1 amide bonds. The molecule has 0 saturated carbocycles. The molecule has 0 aromatic carbocycles. The van der Waals surface area contributed by atoms with Crippen molar-refractivity contribution in [1.29, 1.82) is 0 Å². The number of carbonyl (C=O) groups excluding carboxylic acids is 1. The molecule has 1 heterocycles. The molecule has 0 aromatic heterocycles. The third kappa shape index (κ3) is 1.28. The third-order valence-corrected chi connectivity index (χ3v) is 3.35.